The van der Waals surface area contributed by atoms with Crippen LogP contribution in [0.5, 0.6) is 0 Å². The minimum absolute atomic E-state index is 0.307. The predicted octanol–water partition coefficient (Wildman–Crippen LogP) is 4.20. The van der Waals surface area contributed by atoms with Gasteiger partial charge in [-0.25, -0.2) is 0 Å². The summed E-state index contributed by atoms with van der Waals surface area (Å²) in [4.78, 5) is 6.39. The summed E-state index contributed by atoms with van der Waals surface area (Å²) in [6.45, 7) is 5.04. The molecule has 0 radical (unpaired) electrons. The van der Waals surface area contributed by atoms with Crippen molar-refractivity contribution in [2.24, 2.45) is 0 Å². The van der Waals surface area contributed by atoms with Crippen LogP contribution >= 0.6 is 0 Å². The Morgan fingerprint density at radius 1 is 1.12 bits per heavy atom. The normalized spacial score (nSPS) is 14.9. The topological polar surface area (TPSA) is 42.3 Å². The number of benzene rings is 1. The SMILES string of the molecule is Cc1cncc(NCC#Cc2cc3cc(CN4CCOCC4)ccc3n2CC(F)(F)F)c1. The van der Waals surface area contributed by atoms with E-state index in [-0.39, 0.29) is 0 Å². The standard InChI is InChI=1S/C24H25F3N4O/c1-18-11-21(15-28-14-18)29-6-2-3-22-13-20-12-19(16-30-7-9-32-10-8-30)4-5-23(20)31(22)17-24(25,26)27/h4-5,11-15,29H,6-10,16-17H2,1H3. The van der Waals surface area contributed by atoms with Crippen molar-refractivity contribution in [3.05, 3.63) is 59.5 Å². The molecule has 168 valence electrons. The van der Waals surface area contributed by atoms with Gasteiger partial charge in [-0.3, -0.25) is 9.88 Å². The van der Waals surface area contributed by atoms with Gasteiger partial charge in [0.15, 0.2) is 0 Å². The zero-order valence-corrected chi connectivity index (χ0v) is 17.9. The number of alkyl halides is 3. The van der Waals surface area contributed by atoms with Gasteiger partial charge in [0.25, 0.3) is 0 Å². The number of hydrogen-bond donors (Lipinski definition) is 1. The summed E-state index contributed by atoms with van der Waals surface area (Å²) in [5.41, 5.74) is 3.79. The maximum Gasteiger partial charge on any atom is 0.406 e. The maximum atomic E-state index is 13.3. The minimum atomic E-state index is -4.33. The van der Waals surface area contributed by atoms with Crippen LogP contribution < -0.4 is 5.32 Å². The van der Waals surface area contributed by atoms with Crippen molar-refractivity contribution in [1.82, 2.24) is 14.5 Å². The molecule has 1 N–H and O–H groups in total. The second kappa shape index (κ2) is 9.63. The van der Waals surface area contributed by atoms with Gasteiger partial charge in [-0.15, -0.1) is 0 Å². The Hall–Kier alpha value is -3.02. The van der Waals surface area contributed by atoms with Gasteiger partial charge in [0.05, 0.1) is 31.1 Å². The van der Waals surface area contributed by atoms with E-state index in [2.05, 4.69) is 27.0 Å². The smallest absolute Gasteiger partial charge is 0.379 e. The number of rotatable bonds is 5. The summed E-state index contributed by atoms with van der Waals surface area (Å²) < 4.78 is 46.4. The molecule has 1 aliphatic heterocycles. The van der Waals surface area contributed by atoms with Crippen LogP contribution in [0.15, 0.2) is 42.7 Å². The number of hydrogen-bond acceptors (Lipinski definition) is 4. The molecule has 32 heavy (non-hydrogen) atoms. The summed E-state index contributed by atoms with van der Waals surface area (Å²) in [7, 11) is 0. The van der Waals surface area contributed by atoms with Crippen molar-refractivity contribution in [1.29, 1.82) is 0 Å². The summed E-state index contributed by atoms with van der Waals surface area (Å²) in [6, 6.07) is 9.29. The van der Waals surface area contributed by atoms with Crippen molar-refractivity contribution >= 4 is 16.6 Å². The third-order valence-corrected chi connectivity index (χ3v) is 5.29. The molecule has 1 aliphatic rings. The lowest BCUT2D eigenvalue weighted by Gasteiger charge is -2.26. The second-order valence-corrected chi connectivity index (χ2v) is 7.92. The number of halogens is 3. The van der Waals surface area contributed by atoms with E-state index in [4.69, 9.17) is 4.74 Å². The lowest BCUT2D eigenvalue weighted by Crippen LogP contribution is -2.35. The van der Waals surface area contributed by atoms with E-state index in [0.717, 1.165) is 41.8 Å². The van der Waals surface area contributed by atoms with Gasteiger partial charge in [0.1, 0.15) is 6.54 Å². The molecular weight excluding hydrogens is 417 g/mol. The van der Waals surface area contributed by atoms with Gasteiger partial charge < -0.3 is 14.6 Å². The molecule has 0 saturated carbocycles. The van der Waals surface area contributed by atoms with Crippen LogP contribution in [0.1, 0.15) is 16.8 Å². The Bertz CT molecular complexity index is 1140. The number of aryl methyl sites for hydroxylation is 1. The van der Waals surface area contributed by atoms with Gasteiger partial charge in [-0.1, -0.05) is 12.0 Å². The number of ether oxygens (including phenoxy) is 1. The molecule has 1 fully saturated rings. The number of pyridine rings is 1. The molecular formula is C24H25F3N4O. The first-order chi connectivity index (χ1) is 15.4. The Kier molecular flexibility index (Phi) is 6.68. The van der Waals surface area contributed by atoms with E-state index in [1.165, 1.54) is 4.57 Å². The van der Waals surface area contributed by atoms with E-state index < -0.39 is 12.7 Å². The number of fused-ring (bicyclic) bond motifs is 1. The van der Waals surface area contributed by atoms with Gasteiger partial charge >= 0.3 is 6.18 Å². The van der Waals surface area contributed by atoms with Gasteiger partial charge in [0, 0.05) is 42.9 Å². The highest BCUT2D eigenvalue weighted by Crippen LogP contribution is 2.26. The predicted molar refractivity (Wildman–Crippen MR) is 118 cm³/mol. The first-order valence-corrected chi connectivity index (χ1v) is 10.5. The summed E-state index contributed by atoms with van der Waals surface area (Å²) in [5.74, 6) is 5.85. The van der Waals surface area contributed by atoms with E-state index in [9.17, 15) is 13.2 Å². The molecule has 0 spiro atoms. The van der Waals surface area contributed by atoms with Crippen molar-refractivity contribution in [2.45, 2.75) is 26.2 Å². The molecule has 8 heteroatoms. The first kappa shape index (κ1) is 22.2. The lowest BCUT2D eigenvalue weighted by molar-refractivity contribution is -0.140. The van der Waals surface area contributed by atoms with E-state index in [1.54, 1.807) is 24.5 Å². The number of morpholine rings is 1. The van der Waals surface area contributed by atoms with Crippen LogP contribution in [0, 0.1) is 18.8 Å². The van der Waals surface area contributed by atoms with Crippen molar-refractivity contribution in [3.8, 4) is 11.8 Å². The molecule has 5 nitrogen and oxygen atoms in total. The van der Waals surface area contributed by atoms with Crippen molar-refractivity contribution in [3.63, 3.8) is 0 Å². The molecule has 0 bridgehead atoms. The molecule has 0 aliphatic carbocycles. The highest BCUT2D eigenvalue weighted by Gasteiger charge is 2.29. The number of anilines is 1. The number of nitrogens with one attached hydrogen (secondary N) is 1. The number of nitrogens with zero attached hydrogens (tertiary/aromatic N) is 3. The first-order valence-electron chi connectivity index (χ1n) is 10.5. The van der Waals surface area contributed by atoms with Crippen LogP contribution in [-0.4, -0.2) is 53.5 Å². The molecule has 1 aromatic carbocycles. The summed E-state index contributed by atoms with van der Waals surface area (Å²) >= 11 is 0. The van der Waals surface area contributed by atoms with Gasteiger partial charge in [-0.05, 0) is 48.2 Å². The lowest BCUT2D eigenvalue weighted by atomic mass is 10.1. The van der Waals surface area contributed by atoms with Crippen LogP contribution in [0.2, 0.25) is 0 Å². The fourth-order valence-electron chi connectivity index (χ4n) is 3.82. The van der Waals surface area contributed by atoms with Crippen molar-refractivity contribution < 1.29 is 17.9 Å². The van der Waals surface area contributed by atoms with E-state index in [1.807, 2.05) is 25.1 Å². The summed E-state index contributed by atoms with van der Waals surface area (Å²) in [5, 5.41) is 3.89. The largest absolute Gasteiger partial charge is 0.406 e. The molecule has 0 unspecified atom stereocenters. The molecule has 4 rings (SSSR count). The quantitative estimate of drug-likeness (QED) is 0.602. The average Bonchev–Trinajstić information content (AvgIpc) is 3.07. The molecule has 1 saturated heterocycles. The van der Waals surface area contributed by atoms with Gasteiger partial charge in [0.2, 0.25) is 0 Å². The van der Waals surface area contributed by atoms with E-state index in [0.29, 0.717) is 31.0 Å². The second-order valence-electron chi connectivity index (χ2n) is 7.92. The third-order valence-electron chi connectivity index (χ3n) is 5.29. The summed E-state index contributed by atoms with van der Waals surface area (Å²) in [6.07, 6.45) is -0.897. The number of aromatic nitrogens is 2. The van der Waals surface area contributed by atoms with Crippen LogP contribution in [-0.2, 0) is 17.8 Å². The Labute approximate surface area is 185 Å². The highest BCUT2D eigenvalue weighted by atomic mass is 19.4. The maximum absolute atomic E-state index is 13.3. The molecule has 0 amide bonds. The Morgan fingerprint density at radius 3 is 2.69 bits per heavy atom. The van der Waals surface area contributed by atoms with Crippen LogP contribution in [0.3, 0.4) is 0 Å². The van der Waals surface area contributed by atoms with Crippen LogP contribution in [0.25, 0.3) is 10.9 Å². The molecule has 0 atom stereocenters. The zero-order valence-electron chi connectivity index (χ0n) is 17.9. The Morgan fingerprint density at radius 2 is 1.94 bits per heavy atom. The average molecular weight is 442 g/mol. The van der Waals surface area contributed by atoms with Gasteiger partial charge in [-0.2, -0.15) is 13.2 Å². The monoisotopic (exact) mass is 442 g/mol. The molecule has 3 heterocycles. The molecule has 3 aromatic rings. The fraction of sp³-hybridized carbons (Fsp3) is 0.375. The van der Waals surface area contributed by atoms with Crippen LogP contribution in [0.4, 0.5) is 18.9 Å². The zero-order chi connectivity index (χ0) is 22.6. The molecule has 2 aromatic heterocycles. The Balaban J connectivity index is 1.56. The fourth-order valence-corrected chi connectivity index (χ4v) is 3.82. The van der Waals surface area contributed by atoms with Crippen molar-refractivity contribution in [2.75, 3.05) is 38.2 Å². The van der Waals surface area contributed by atoms with E-state index >= 15 is 0 Å². The minimum Gasteiger partial charge on any atom is -0.379 e. The highest BCUT2D eigenvalue weighted by molar-refractivity contribution is 5.83. The third kappa shape index (κ3) is 5.81.